The first-order chi connectivity index (χ1) is 12.2. The molecule has 0 fully saturated rings. The van der Waals surface area contributed by atoms with Crippen molar-refractivity contribution >= 4 is 11.9 Å². The number of nitrogens with one attached hydrogen (secondary N) is 1. The molecule has 3 rings (SSSR count). The maximum atomic E-state index is 11.9. The Kier molecular flexibility index (Phi) is 5.25. The second-order valence-corrected chi connectivity index (χ2v) is 5.08. The smallest absolute Gasteiger partial charge is 0.308 e. The number of hydrogen-bond acceptors (Lipinski definition) is 9. The molecule has 1 unspecified atom stereocenters. The van der Waals surface area contributed by atoms with Gasteiger partial charge >= 0.3 is 5.97 Å². The van der Waals surface area contributed by atoms with E-state index in [0.29, 0.717) is 18.3 Å². The van der Waals surface area contributed by atoms with Crippen LogP contribution in [0.25, 0.3) is 11.4 Å². The molecular weight excluding hydrogens is 324 g/mol. The average Bonchev–Trinajstić information content (AvgIpc) is 3.14. The van der Waals surface area contributed by atoms with Crippen molar-refractivity contribution in [3.8, 4) is 11.4 Å². The highest BCUT2D eigenvalue weighted by Gasteiger charge is 2.19. The second-order valence-electron chi connectivity index (χ2n) is 5.08. The molecule has 0 aliphatic rings. The molecule has 0 radical (unpaired) electrons. The van der Waals surface area contributed by atoms with E-state index in [9.17, 15) is 4.79 Å². The molecule has 0 spiro atoms. The van der Waals surface area contributed by atoms with Crippen LogP contribution in [0.5, 0.6) is 0 Å². The lowest BCUT2D eigenvalue weighted by molar-refractivity contribution is -0.149. The summed E-state index contributed by atoms with van der Waals surface area (Å²) in [5.41, 5.74) is 0.725. The minimum absolute atomic E-state index is 0.159. The van der Waals surface area contributed by atoms with E-state index >= 15 is 0 Å². The molecule has 3 heterocycles. The van der Waals surface area contributed by atoms with Crippen molar-refractivity contribution in [3.05, 3.63) is 48.9 Å². The Bertz CT molecular complexity index is 809. The fourth-order valence-electron chi connectivity index (χ4n) is 1.99. The summed E-state index contributed by atoms with van der Waals surface area (Å²) in [7, 11) is 0. The lowest BCUT2D eigenvalue weighted by Crippen LogP contribution is -2.14. The maximum absolute atomic E-state index is 11.9. The van der Waals surface area contributed by atoms with Crippen molar-refractivity contribution in [2.24, 2.45) is 0 Å². The summed E-state index contributed by atoms with van der Waals surface area (Å²) in [4.78, 5) is 28.1. The Morgan fingerprint density at radius 2 is 2.12 bits per heavy atom. The zero-order valence-electron chi connectivity index (χ0n) is 13.5. The van der Waals surface area contributed by atoms with Crippen LogP contribution >= 0.6 is 0 Å². The lowest BCUT2D eigenvalue weighted by atomic mass is 10.3. The van der Waals surface area contributed by atoms with Crippen molar-refractivity contribution in [2.75, 3.05) is 11.9 Å². The Hall–Kier alpha value is -3.36. The van der Waals surface area contributed by atoms with Gasteiger partial charge in [-0.25, -0.2) is 9.97 Å². The van der Waals surface area contributed by atoms with Gasteiger partial charge in [-0.3, -0.25) is 9.78 Å². The van der Waals surface area contributed by atoms with Crippen molar-refractivity contribution in [1.29, 1.82) is 0 Å². The first kappa shape index (κ1) is 16.5. The Morgan fingerprint density at radius 1 is 1.28 bits per heavy atom. The molecule has 1 atom stereocenters. The topological polar surface area (TPSA) is 116 Å². The van der Waals surface area contributed by atoms with E-state index in [0.717, 1.165) is 5.56 Å². The molecule has 3 aromatic heterocycles. The molecular formula is C16H16N6O3. The number of rotatable bonds is 7. The fraction of sp³-hybridized carbons (Fsp3) is 0.250. The summed E-state index contributed by atoms with van der Waals surface area (Å²) in [5.74, 6) is 0.693. The number of esters is 1. The number of anilines is 1. The summed E-state index contributed by atoms with van der Waals surface area (Å²) < 4.78 is 10.4. The Morgan fingerprint density at radius 3 is 2.88 bits per heavy atom. The van der Waals surface area contributed by atoms with Crippen molar-refractivity contribution in [1.82, 2.24) is 25.1 Å². The minimum atomic E-state index is -0.640. The Labute approximate surface area is 143 Å². The zero-order chi connectivity index (χ0) is 17.5. The van der Waals surface area contributed by atoms with Gasteiger partial charge in [0.1, 0.15) is 0 Å². The highest BCUT2D eigenvalue weighted by molar-refractivity contribution is 5.70. The first-order valence-corrected chi connectivity index (χ1v) is 7.67. The van der Waals surface area contributed by atoms with Gasteiger partial charge in [0.05, 0.1) is 6.42 Å². The van der Waals surface area contributed by atoms with Crippen LogP contribution in [0.15, 0.2) is 47.5 Å². The molecule has 0 aliphatic carbocycles. The summed E-state index contributed by atoms with van der Waals surface area (Å²) >= 11 is 0. The third-order valence-electron chi connectivity index (χ3n) is 3.20. The molecule has 25 heavy (non-hydrogen) atoms. The minimum Gasteiger partial charge on any atom is -0.452 e. The van der Waals surface area contributed by atoms with Crippen LogP contribution in [-0.4, -0.2) is 37.6 Å². The number of hydrogen-bond donors (Lipinski definition) is 1. The van der Waals surface area contributed by atoms with Gasteiger partial charge in [0.15, 0.2) is 6.10 Å². The molecule has 0 saturated carbocycles. The van der Waals surface area contributed by atoms with Crippen molar-refractivity contribution < 1.29 is 14.1 Å². The summed E-state index contributed by atoms with van der Waals surface area (Å²) in [6, 6.07) is 5.30. The van der Waals surface area contributed by atoms with Crippen molar-refractivity contribution in [2.45, 2.75) is 19.4 Å². The molecule has 1 N–H and O–H groups in total. The van der Waals surface area contributed by atoms with E-state index in [-0.39, 0.29) is 12.3 Å². The monoisotopic (exact) mass is 340 g/mol. The number of ether oxygens (including phenoxy) is 1. The average molecular weight is 340 g/mol. The van der Waals surface area contributed by atoms with Gasteiger partial charge in [-0.05, 0) is 25.1 Å². The molecule has 0 amide bonds. The predicted octanol–water partition coefficient (Wildman–Crippen LogP) is 2.03. The zero-order valence-corrected chi connectivity index (χ0v) is 13.5. The van der Waals surface area contributed by atoms with E-state index in [1.54, 1.807) is 43.8 Å². The van der Waals surface area contributed by atoms with Gasteiger partial charge in [0, 0.05) is 36.9 Å². The standard InChI is InChI=1S/C16H16N6O3/c1-11(15-21-14(22-25-15)12-4-2-6-17-10-12)24-13(23)5-9-20-16-18-7-3-8-19-16/h2-4,6-8,10-11H,5,9H2,1H3,(H,18,19,20). The van der Waals surface area contributed by atoms with Gasteiger partial charge in [-0.2, -0.15) is 4.98 Å². The van der Waals surface area contributed by atoms with E-state index in [4.69, 9.17) is 9.26 Å². The first-order valence-electron chi connectivity index (χ1n) is 7.67. The molecule has 0 saturated heterocycles. The van der Waals surface area contributed by atoms with Crippen molar-refractivity contribution in [3.63, 3.8) is 0 Å². The number of nitrogens with zero attached hydrogens (tertiary/aromatic N) is 5. The van der Waals surface area contributed by atoms with Crippen LogP contribution in [0.4, 0.5) is 5.95 Å². The van der Waals surface area contributed by atoms with Crippen LogP contribution < -0.4 is 5.32 Å². The number of pyridine rings is 1. The van der Waals surface area contributed by atoms with Gasteiger partial charge in [0.2, 0.25) is 11.8 Å². The van der Waals surface area contributed by atoms with E-state index < -0.39 is 12.1 Å². The quantitative estimate of drug-likeness (QED) is 0.645. The lowest BCUT2D eigenvalue weighted by Gasteiger charge is -2.09. The molecule has 0 aromatic carbocycles. The normalized spacial score (nSPS) is 11.7. The third kappa shape index (κ3) is 4.56. The van der Waals surface area contributed by atoms with Crippen LogP contribution in [0, 0.1) is 0 Å². The van der Waals surface area contributed by atoms with Crippen LogP contribution in [0.3, 0.4) is 0 Å². The van der Waals surface area contributed by atoms with Gasteiger partial charge in [-0.1, -0.05) is 5.16 Å². The number of aromatic nitrogens is 5. The molecule has 0 aliphatic heterocycles. The molecule has 0 bridgehead atoms. The van der Waals surface area contributed by atoms with Gasteiger partial charge < -0.3 is 14.6 Å². The molecule has 9 heteroatoms. The summed E-state index contributed by atoms with van der Waals surface area (Å²) in [6.45, 7) is 2.03. The number of carbonyl (C=O) groups excluding carboxylic acids is 1. The largest absolute Gasteiger partial charge is 0.452 e. The van der Waals surface area contributed by atoms with E-state index in [1.807, 2.05) is 6.07 Å². The predicted molar refractivity (Wildman–Crippen MR) is 87.2 cm³/mol. The van der Waals surface area contributed by atoms with Gasteiger partial charge in [0.25, 0.3) is 5.89 Å². The van der Waals surface area contributed by atoms with E-state index in [2.05, 4.69) is 30.4 Å². The third-order valence-corrected chi connectivity index (χ3v) is 3.20. The summed E-state index contributed by atoms with van der Waals surface area (Å²) in [6.07, 6.45) is 6.03. The molecule has 3 aromatic rings. The van der Waals surface area contributed by atoms with Crippen LogP contribution in [0.1, 0.15) is 25.3 Å². The van der Waals surface area contributed by atoms with Crippen LogP contribution in [-0.2, 0) is 9.53 Å². The highest BCUT2D eigenvalue weighted by Crippen LogP contribution is 2.20. The van der Waals surface area contributed by atoms with Gasteiger partial charge in [-0.15, -0.1) is 0 Å². The number of carbonyl (C=O) groups is 1. The SMILES string of the molecule is CC(OC(=O)CCNc1ncccn1)c1nc(-c2cccnc2)no1. The van der Waals surface area contributed by atoms with E-state index in [1.165, 1.54) is 0 Å². The summed E-state index contributed by atoms with van der Waals surface area (Å²) in [5, 5.41) is 6.80. The van der Waals surface area contributed by atoms with Crippen LogP contribution in [0.2, 0.25) is 0 Å². The molecule has 9 nitrogen and oxygen atoms in total. The highest BCUT2D eigenvalue weighted by atomic mass is 16.6. The Balaban J connectivity index is 1.49. The fourth-order valence-corrected chi connectivity index (χ4v) is 1.99. The second kappa shape index (κ2) is 7.95. The molecule has 128 valence electrons. The maximum Gasteiger partial charge on any atom is 0.308 e.